The normalized spacial score (nSPS) is 21.6. The standard InChI is InChI=1S/C14H29N3O2.ClH/c1-5-11(2)12(15)13(18)16-6-7-17-8-9-19-14(3,4)10-17;/h11-12H,5-10,15H2,1-4H3,(H,16,18);1H. The van der Waals surface area contributed by atoms with Crippen molar-refractivity contribution in [2.45, 2.75) is 45.8 Å². The fraction of sp³-hybridized carbons (Fsp3) is 0.929. The fourth-order valence-electron chi connectivity index (χ4n) is 2.27. The molecule has 120 valence electrons. The Hall–Kier alpha value is -0.360. The van der Waals surface area contributed by atoms with Gasteiger partial charge in [-0.05, 0) is 19.8 Å². The Balaban J connectivity index is 0.00000361. The van der Waals surface area contributed by atoms with E-state index in [9.17, 15) is 4.79 Å². The molecule has 0 spiro atoms. The lowest BCUT2D eigenvalue weighted by Gasteiger charge is -2.38. The number of hydrogen-bond donors (Lipinski definition) is 2. The summed E-state index contributed by atoms with van der Waals surface area (Å²) in [6.07, 6.45) is 0.923. The van der Waals surface area contributed by atoms with Crippen molar-refractivity contribution in [2.24, 2.45) is 11.7 Å². The van der Waals surface area contributed by atoms with Gasteiger partial charge in [-0.15, -0.1) is 12.4 Å². The molecule has 0 saturated carbocycles. The maximum absolute atomic E-state index is 11.8. The first-order valence-electron chi connectivity index (χ1n) is 7.25. The van der Waals surface area contributed by atoms with Crippen LogP contribution in [0.25, 0.3) is 0 Å². The monoisotopic (exact) mass is 307 g/mol. The SMILES string of the molecule is CCC(C)C(N)C(=O)NCCN1CCOC(C)(C)C1.Cl. The molecule has 1 fully saturated rings. The van der Waals surface area contributed by atoms with Crippen LogP contribution in [0.2, 0.25) is 0 Å². The highest BCUT2D eigenvalue weighted by Gasteiger charge is 2.27. The topological polar surface area (TPSA) is 67.6 Å². The second kappa shape index (κ2) is 8.82. The minimum atomic E-state index is -0.397. The minimum Gasteiger partial charge on any atom is -0.373 e. The van der Waals surface area contributed by atoms with Crippen molar-refractivity contribution < 1.29 is 9.53 Å². The smallest absolute Gasteiger partial charge is 0.237 e. The zero-order valence-electron chi connectivity index (χ0n) is 13.1. The highest BCUT2D eigenvalue weighted by atomic mass is 35.5. The van der Waals surface area contributed by atoms with Gasteiger partial charge in [-0.1, -0.05) is 20.3 Å². The molecular weight excluding hydrogens is 278 g/mol. The largest absolute Gasteiger partial charge is 0.373 e. The number of carbonyl (C=O) groups excluding carboxylic acids is 1. The molecule has 1 aliphatic rings. The van der Waals surface area contributed by atoms with Crippen molar-refractivity contribution in [3.05, 3.63) is 0 Å². The maximum atomic E-state index is 11.8. The van der Waals surface area contributed by atoms with Gasteiger partial charge in [0.2, 0.25) is 5.91 Å². The summed E-state index contributed by atoms with van der Waals surface area (Å²) >= 11 is 0. The molecule has 2 unspecified atom stereocenters. The van der Waals surface area contributed by atoms with Crippen LogP contribution in [-0.4, -0.2) is 55.2 Å². The Bertz CT molecular complexity index is 300. The highest BCUT2D eigenvalue weighted by Crippen LogP contribution is 2.15. The van der Waals surface area contributed by atoms with Crippen LogP contribution in [0, 0.1) is 5.92 Å². The molecular formula is C14H30ClN3O2. The first-order valence-corrected chi connectivity index (χ1v) is 7.25. The van der Waals surface area contributed by atoms with Crippen LogP contribution < -0.4 is 11.1 Å². The van der Waals surface area contributed by atoms with Gasteiger partial charge in [0, 0.05) is 26.2 Å². The van der Waals surface area contributed by atoms with Crippen LogP contribution in [-0.2, 0) is 9.53 Å². The molecule has 1 rings (SSSR count). The Morgan fingerprint density at radius 1 is 1.50 bits per heavy atom. The summed E-state index contributed by atoms with van der Waals surface area (Å²) in [6.45, 7) is 12.3. The van der Waals surface area contributed by atoms with Gasteiger partial charge >= 0.3 is 0 Å². The number of amides is 1. The van der Waals surface area contributed by atoms with E-state index in [4.69, 9.17) is 10.5 Å². The second-order valence-electron chi connectivity index (χ2n) is 6.09. The molecule has 0 aromatic rings. The van der Waals surface area contributed by atoms with E-state index in [1.807, 2.05) is 13.8 Å². The van der Waals surface area contributed by atoms with Gasteiger partial charge in [-0.25, -0.2) is 0 Å². The van der Waals surface area contributed by atoms with Crippen molar-refractivity contribution >= 4 is 18.3 Å². The maximum Gasteiger partial charge on any atom is 0.237 e. The van der Waals surface area contributed by atoms with Crippen LogP contribution in [0.5, 0.6) is 0 Å². The number of halogens is 1. The van der Waals surface area contributed by atoms with E-state index in [1.54, 1.807) is 0 Å². The Labute approximate surface area is 129 Å². The van der Waals surface area contributed by atoms with Crippen LogP contribution in [0.3, 0.4) is 0 Å². The third kappa shape index (κ3) is 6.39. The average Bonchev–Trinajstić information content (AvgIpc) is 2.35. The van der Waals surface area contributed by atoms with E-state index >= 15 is 0 Å². The van der Waals surface area contributed by atoms with Crippen LogP contribution in [0.1, 0.15) is 34.1 Å². The van der Waals surface area contributed by atoms with Gasteiger partial charge in [-0.2, -0.15) is 0 Å². The first kappa shape index (κ1) is 19.6. The molecule has 0 aromatic carbocycles. The van der Waals surface area contributed by atoms with E-state index in [0.717, 1.165) is 32.7 Å². The first-order chi connectivity index (χ1) is 8.85. The molecule has 3 N–H and O–H groups in total. The lowest BCUT2D eigenvalue weighted by atomic mass is 9.99. The van der Waals surface area contributed by atoms with Crippen molar-refractivity contribution in [1.29, 1.82) is 0 Å². The Morgan fingerprint density at radius 3 is 2.70 bits per heavy atom. The van der Waals surface area contributed by atoms with E-state index in [0.29, 0.717) is 6.54 Å². The molecule has 0 bridgehead atoms. The summed E-state index contributed by atoms with van der Waals surface area (Å²) in [6, 6.07) is -0.397. The van der Waals surface area contributed by atoms with E-state index < -0.39 is 6.04 Å². The zero-order chi connectivity index (χ0) is 14.5. The van der Waals surface area contributed by atoms with Crippen LogP contribution in [0.4, 0.5) is 0 Å². The molecule has 1 heterocycles. The van der Waals surface area contributed by atoms with E-state index in [-0.39, 0.29) is 29.8 Å². The number of nitrogens with zero attached hydrogens (tertiary/aromatic N) is 1. The van der Waals surface area contributed by atoms with Gasteiger partial charge in [0.1, 0.15) is 0 Å². The highest BCUT2D eigenvalue weighted by molar-refractivity contribution is 5.85. The second-order valence-corrected chi connectivity index (χ2v) is 6.09. The average molecular weight is 308 g/mol. The lowest BCUT2D eigenvalue weighted by molar-refractivity contribution is -0.123. The van der Waals surface area contributed by atoms with Gasteiger partial charge < -0.3 is 15.8 Å². The molecule has 20 heavy (non-hydrogen) atoms. The van der Waals surface area contributed by atoms with Crippen molar-refractivity contribution in [3.8, 4) is 0 Å². The predicted molar refractivity (Wildman–Crippen MR) is 84.2 cm³/mol. The van der Waals surface area contributed by atoms with Gasteiger partial charge in [0.15, 0.2) is 0 Å². The summed E-state index contributed by atoms with van der Waals surface area (Å²) in [5.74, 6) is 0.184. The number of rotatable bonds is 6. The van der Waals surface area contributed by atoms with Crippen molar-refractivity contribution in [3.63, 3.8) is 0 Å². The molecule has 1 amide bonds. The molecule has 0 aromatic heterocycles. The molecule has 5 nitrogen and oxygen atoms in total. The summed E-state index contributed by atoms with van der Waals surface area (Å²) in [5, 5.41) is 2.93. The molecule has 1 saturated heterocycles. The van der Waals surface area contributed by atoms with Gasteiger partial charge in [0.25, 0.3) is 0 Å². The number of carbonyl (C=O) groups is 1. The third-order valence-corrected chi connectivity index (χ3v) is 3.79. The lowest BCUT2D eigenvalue weighted by Crippen LogP contribution is -2.51. The molecule has 6 heteroatoms. The zero-order valence-corrected chi connectivity index (χ0v) is 14.0. The summed E-state index contributed by atoms with van der Waals surface area (Å²) in [5.41, 5.74) is 5.80. The number of nitrogens with one attached hydrogen (secondary N) is 1. The summed E-state index contributed by atoms with van der Waals surface area (Å²) < 4.78 is 5.66. The number of ether oxygens (including phenoxy) is 1. The van der Waals surface area contributed by atoms with Crippen LogP contribution >= 0.6 is 12.4 Å². The van der Waals surface area contributed by atoms with Crippen molar-refractivity contribution in [2.75, 3.05) is 32.8 Å². The van der Waals surface area contributed by atoms with E-state index in [1.165, 1.54) is 0 Å². The molecule has 2 atom stereocenters. The predicted octanol–water partition coefficient (Wildman–Crippen LogP) is 1.01. The molecule has 1 aliphatic heterocycles. The number of morpholine rings is 1. The molecule has 0 aliphatic carbocycles. The molecule has 0 radical (unpaired) electrons. The number of nitrogens with two attached hydrogens (primary N) is 1. The Kier molecular flexibility index (Phi) is 8.66. The number of hydrogen-bond acceptors (Lipinski definition) is 4. The minimum absolute atomic E-state index is 0. The fourth-order valence-corrected chi connectivity index (χ4v) is 2.27. The van der Waals surface area contributed by atoms with E-state index in [2.05, 4.69) is 24.1 Å². The van der Waals surface area contributed by atoms with Crippen molar-refractivity contribution in [1.82, 2.24) is 10.2 Å². The van der Waals surface area contributed by atoms with Gasteiger partial charge in [-0.3, -0.25) is 9.69 Å². The quantitative estimate of drug-likeness (QED) is 0.768. The van der Waals surface area contributed by atoms with Crippen LogP contribution in [0.15, 0.2) is 0 Å². The summed E-state index contributed by atoms with van der Waals surface area (Å²) in [7, 11) is 0. The third-order valence-electron chi connectivity index (χ3n) is 3.79. The Morgan fingerprint density at radius 2 is 2.15 bits per heavy atom. The van der Waals surface area contributed by atoms with Gasteiger partial charge in [0.05, 0.1) is 18.2 Å². The summed E-state index contributed by atoms with van der Waals surface area (Å²) in [4.78, 5) is 14.2.